The molecule has 1 atom stereocenters. The molecule has 1 N–H and O–H groups in total. The molecule has 1 aromatic carbocycles. The number of benzene rings is 1. The van der Waals surface area contributed by atoms with E-state index in [4.69, 9.17) is 11.2 Å². The number of fused-ring (bicyclic) bond motifs is 1. The Labute approximate surface area is 94.8 Å². The molecule has 0 spiro atoms. The fourth-order valence-corrected chi connectivity index (χ4v) is 1.65. The normalized spacial score (nSPS) is 14.5. The average molecular weight is 215 g/mol. The molecule has 2 rings (SSSR count). The van der Waals surface area contributed by atoms with Gasteiger partial charge in [0.1, 0.15) is 5.75 Å². The number of terminal acetylenes is 1. The predicted molar refractivity (Wildman–Crippen MR) is 61.4 cm³/mol. The Morgan fingerprint density at radius 3 is 3.19 bits per heavy atom. The number of hydrogen-bond donors (Lipinski definition) is 1. The number of rotatable bonds is 2. The molecule has 0 aromatic heterocycles. The first kappa shape index (κ1) is 10.6. The van der Waals surface area contributed by atoms with E-state index in [9.17, 15) is 4.79 Å². The van der Waals surface area contributed by atoms with Crippen molar-refractivity contribution in [2.45, 2.75) is 19.4 Å². The van der Waals surface area contributed by atoms with E-state index >= 15 is 0 Å². The minimum Gasteiger partial charge on any atom is -0.493 e. The Kier molecular flexibility index (Phi) is 2.82. The van der Waals surface area contributed by atoms with Crippen molar-refractivity contribution >= 4 is 5.91 Å². The Morgan fingerprint density at radius 1 is 1.62 bits per heavy atom. The SMILES string of the molecule is C#CC(C)NC(=O)c1ccc2c(c1)CCO2. The summed E-state index contributed by atoms with van der Waals surface area (Å²) in [6.07, 6.45) is 6.07. The molecule has 1 aromatic rings. The van der Waals surface area contributed by atoms with Gasteiger partial charge in [0.2, 0.25) is 0 Å². The number of ether oxygens (including phenoxy) is 1. The maximum absolute atomic E-state index is 11.8. The molecule has 0 fully saturated rings. The van der Waals surface area contributed by atoms with E-state index in [2.05, 4.69) is 11.2 Å². The zero-order chi connectivity index (χ0) is 11.5. The highest BCUT2D eigenvalue weighted by molar-refractivity contribution is 5.95. The van der Waals surface area contributed by atoms with Crippen LogP contribution in [0.3, 0.4) is 0 Å². The fraction of sp³-hybridized carbons (Fsp3) is 0.308. The molecule has 82 valence electrons. The summed E-state index contributed by atoms with van der Waals surface area (Å²) in [6, 6.07) is 5.19. The Balaban J connectivity index is 2.16. The van der Waals surface area contributed by atoms with Crippen LogP contribution in [0.5, 0.6) is 5.75 Å². The molecule has 16 heavy (non-hydrogen) atoms. The number of hydrogen-bond acceptors (Lipinski definition) is 2. The second-order valence-electron chi connectivity index (χ2n) is 3.78. The molecule has 3 nitrogen and oxygen atoms in total. The summed E-state index contributed by atoms with van der Waals surface area (Å²) < 4.78 is 5.37. The molecule has 0 aliphatic carbocycles. The smallest absolute Gasteiger partial charge is 0.252 e. The Morgan fingerprint density at radius 2 is 2.44 bits per heavy atom. The topological polar surface area (TPSA) is 38.3 Å². The van der Waals surface area contributed by atoms with Crippen LogP contribution < -0.4 is 10.1 Å². The van der Waals surface area contributed by atoms with Crippen molar-refractivity contribution in [1.82, 2.24) is 5.32 Å². The van der Waals surface area contributed by atoms with Gasteiger partial charge in [0, 0.05) is 12.0 Å². The Bertz CT molecular complexity index is 459. The largest absolute Gasteiger partial charge is 0.493 e. The third kappa shape index (κ3) is 2.01. The minimum absolute atomic E-state index is 0.139. The van der Waals surface area contributed by atoms with Crippen molar-refractivity contribution < 1.29 is 9.53 Å². The predicted octanol–water partition coefficient (Wildman–Crippen LogP) is 1.37. The zero-order valence-electron chi connectivity index (χ0n) is 9.12. The lowest BCUT2D eigenvalue weighted by Gasteiger charge is -2.08. The van der Waals surface area contributed by atoms with Gasteiger partial charge in [-0.2, -0.15) is 0 Å². The molecule has 1 aliphatic heterocycles. The van der Waals surface area contributed by atoms with Gasteiger partial charge in [0.15, 0.2) is 0 Å². The van der Waals surface area contributed by atoms with Crippen molar-refractivity contribution in [3.05, 3.63) is 29.3 Å². The molecule has 1 heterocycles. The summed E-state index contributed by atoms with van der Waals surface area (Å²) in [5.41, 5.74) is 1.72. The van der Waals surface area contributed by atoms with Crippen molar-refractivity contribution in [3.8, 4) is 18.1 Å². The van der Waals surface area contributed by atoms with Crippen LogP contribution in [0, 0.1) is 12.3 Å². The van der Waals surface area contributed by atoms with E-state index < -0.39 is 0 Å². The van der Waals surface area contributed by atoms with E-state index in [1.54, 1.807) is 13.0 Å². The number of carbonyl (C=O) groups excluding carboxylic acids is 1. The third-order valence-corrected chi connectivity index (χ3v) is 2.55. The third-order valence-electron chi connectivity index (χ3n) is 2.55. The summed E-state index contributed by atoms with van der Waals surface area (Å²) in [5, 5.41) is 2.72. The van der Waals surface area contributed by atoms with Crippen molar-refractivity contribution in [3.63, 3.8) is 0 Å². The maximum atomic E-state index is 11.8. The highest BCUT2D eigenvalue weighted by Gasteiger charge is 2.15. The first-order chi connectivity index (χ1) is 7.70. The van der Waals surface area contributed by atoms with Gasteiger partial charge in [0.25, 0.3) is 5.91 Å². The van der Waals surface area contributed by atoms with E-state index in [-0.39, 0.29) is 11.9 Å². The molecule has 0 saturated carbocycles. The van der Waals surface area contributed by atoms with E-state index in [1.165, 1.54) is 0 Å². The van der Waals surface area contributed by atoms with Crippen LogP contribution in [0.25, 0.3) is 0 Å². The van der Waals surface area contributed by atoms with Gasteiger partial charge in [-0.05, 0) is 30.7 Å². The van der Waals surface area contributed by atoms with Gasteiger partial charge in [-0.25, -0.2) is 0 Å². The molecule has 0 bridgehead atoms. The highest BCUT2D eigenvalue weighted by Crippen LogP contribution is 2.25. The molecule has 3 heteroatoms. The van der Waals surface area contributed by atoms with Gasteiger partial charge in [-0.15, -0.1) is 6.42 Å². The minimum atomic E-state index is -0.253. The van der Waals surface area contributed by atoms with E-state index in [1.807, 2.05) is 12.1 Å². The quantitative estimate of drug-likeness (QED) is 0.757. The summed E-state index contributed by atoms with van der Waals surface area (Å²) in [7, 11) is 0. The molecular formula is C13H13NO2. The summed E-state index contributed by atoms with van der Waals surface area (Å²) in [6.45, 7) is 2.47. The molecule has 1 amide bonds. The second kappa shape index (κ2) is 4.28. The van der Waals surface area contributed by atoms with E-state index in [0.29, 0.717) is 12.2 Å². The van der Waals surface area contributed by atoms with Crippen LogP contribution in [0.4, 0.5) is 0 Å². The number of amides is 1. The van der Waals surface area contributed by atoms with Gasteiger partial charge < -0.3 is 10.1 Å². The summed E-state index contributed by atoms with van der Waals surface area (Å²) in [4.78, 5) is 11.8. The second-order valence-corrected chi connectivity index (χ2v) is 3.78. The monoisotopic (exact) mass is 215 g/mol. The van der Waals surface area contributed by atoms with Gasteiger partial charge in [-0.1, -0.05) is 5.92 Å². The van der Waals surface area contributed by atoms with Gasteiger partial charge >= 0.3 is 0 Å². The van der Waals surface area contributed by atoms with Crippen LogP contribution in [-0.2, 0) is 6.42 Å². The van der Waals surface area contributed by atoms with E-state index in [0.717, 1.165) is 17.7 Å². The Hall–Kier alpha value is -1.95. The van der Waals surface area contributed by atoms with Crippen molar-refractivity contribution in [2.24, 2.45) is 0 Å². The van der Waals surface area contributed by atoms with Crippen molar-refractivity contribution in [1.29, 1.82) is 0 Å². The lowest BCUT2D eigenvalue weighted by Crippen LogP contribution is -2.31. The molecule has 0 radical (unpaired) electrons. The van der Waals surface area contributed by atoms with Gasteiger partial charge in [-0.3, -0.25) is 4.79 Å². The first-order valence-corrected chi connectivity index (χ1v) is 5.23. The fourth-order valence-electron chi connectivity index (χ4n) is 1.65. The lowest BCUT2D eigenvalue weighted by molar-refractivity contribution is 0.0948. The van der Waals surface area contributed by atoms with Crippen LogP contribution >= 0.6 is 0 Å². The van der Waals surface area contributed by atoms with Gasteiger partial charge in [0.05, 0.1) is 12.6 Å². The zero-order valence-corrected chi connectivity index (χ0v) is 9.12. The molecular weight excluding hydrogens is 202 g/mol. The number of carbonyl (C=O) groups is 1. The van der Waals surface area contributed by atoms with Crippen LogP contribution in [0.2, 0.25) is 0 Å². The van der Waals surface area contributed by atoms with Crippen LogP contribution in [0.1, 0.15) is 22.8 Å². The maximum Gasteiger partial charge on any atom is 0.252 e. The average Bonchev–Trinajstić information content (AvgIpc) is 2.75. The highest BCUT2D eigenvalue weighted by atomic mass is 16.5. The summed E-state index contributed by atoms with van der Waals surface area (Å²) in [5.74, 6) is 3.20. The number of nitrogens with one attached hydrogen (secondary N) is 1. The first-order valence-electron chi connectivity index (χ1n) is 5.23. The molecule has 0 saturated heterocycles. The molecule has 1 unspecified atom stereocenters. The molecule has 1 aliphatic rings. The van der Waals surface area contributed by atoms with Crippen molar-refractivity contribution in [2.75, 3.05) is 6.61 Å². The van der Waals surface area contributed by atoms with Crippen LogP contribution in [0.15, 0.2) is 18.2 Å². The van der Waals surface area contributed by atoms with Crippen LogP contribution in [-0.4, -0.2) is 18.6 Å². The summed E-state index contributed by atoms with van der Waals surface area (Å²) >= 11 is 0. The lowest BCUT2D eigenvalue weighted by atomic mass is 10.1. The standard InChI is InChI=1S/C13H13NO2/c1-3-9(2)14-13(15)11-4-5-12-10(8-11)6-7-16-12/h1,4-5,8-9H,6-7H2,2H3,(H,14,15).